The molecule has 0 spiro atoms. The Kier molecular flexibility index (Phi) is 4.07. The van der Waals surface area contributed by atoms with Gasteiger partial charge in [-0.05, 0) is 18.1 Å². The molecule has 0 saturated carbocycles. The first kappa shape index (κ1) is 12.7. The van der Waals surface area contributed by atoms with E-state index >= 15 is 0 Å². The van der Waals surface area contributed by atoms with Gasteiger partial charge in [0.25, 0.3) is 0 Å². The minimum absolute atomic E-state index is 0.226. The molecule has 1 aromatic carbocycles. The van der Waals surface area contributed by atoms with Crippen molar-refractivity contribution in [3.05, 3.63) is 35.4 Å². The Morgan fingerprint density at radius 2 is 2.06 bits per heavy atom. The molecule has 1 aromatic rings. The van der Waals surface area contributed by atoms with Crippen LogP contribution in [0.4, 0.5) is 0 Å². The number of carbonyl (C=O) groups excluding carboxylic acids is 1. The smallest absolute Gasteiger partial charge is 0.306 e. The molecule has 3 nitrogen and oxygen atoms in total. The predicted octanol–water partition coefficient (Wildman–Crippen LogP) is 1.77. The fourth-order valence-electron chi connectivity index (χ4n) is 1.92. The Morgan fingerprint density at radius 1 is 1.44 bits per heavy atom. The van der Waals surface area contributed by atoms with E-state index in [2.05, 4.69) is 0 Å². The van der Waals surface area contributed by atoms with Gasteiger partial charge in [-0.1, -0.05) is 31.2 Å². The van der Waals surface area contributed by atoms with E-state index in [0.717, 1.165) is 11.1 Å². The Balaban J connectivity index is 3.05. The van der Waals surface area contributed by atoms with Crippen LogP contribution in [0, 0.1) is 6.92 Å². The van der Waals surface area contributed by atoms with Gasteiger partial charge >= 0.3 is 5.97 Å². The van der Waals surface area contributed by atoms with E-state index in [0.29, 0.717) is 13.0 Å². The van der Waals surface area contributed by atoms with Gasteiger partial charge in [-0.2, -0.15) is 0 Å². The molecule has 0 aliphatic heterocycles. The average Bonchev–Trinajstić information content (AvgIpc) is 2.29. The molecule has 0 fully saturated rings. The molecule has 0 aliphatic rings. The summed E-state index contributed by atoms with van der Waals surface area (Å²) in [5, 5.41) is 0. The number of hydrogen-bond donors (Lipinski definition) is 1. The summed E-state index contributed by atoms with van der Waals surface area (Å²) in [6.07, 6.45) is 0.310. The first-order valence-corrected chi connectivity index (χ1v) is 5.36. The number of hydrogen-bond acceptors (Lipinski definition) is 3. The van der Waals surface area contributed by atoms with Crippen molar-refractivity contribution < 1.29 is 9.53 Å². The standard InChI is InChI=1S/C13H19NO2/c1-10-6-4-5-7-11(10)13(2,9-14)8-12(15)16-3/h4-7H,8-9,14H2,1-3H3. The topological polar surface area (TPSA) is 52.3 Å². The summed E-state index contributed by atoms with van der Waals surface area (Å²) in [7, 11) is 1.40. The van der Waals surface area contributed by atoms with E-state index in [9.17, 15) is 4.79 Å². The summed E-state index contributed by atoms with van der Waals surface area (Å²) in [5.41, 5.74) is 7.72. The fourth-order valence-corrected chi connectivity index (χ4v) is 1.92. The highest BCUT2D eigenvalue weighted by Crippen LogP contribution is 2.29. The number of aryl methyl sites for hydroxylation is 1. The number of methoxy groups -OCH3 is 1. The lowest BCUT2D eigenvalue weighted by molar-refractivity contribution is -0.141. The minimum Gasteiger partial charge on any atom is -0.469 e. The summed E-state index contributed by atoms with van der Waals surface area (Å²) in [4.78, 5) is 11.4. The van der Waals surface area contributed by atoms with Crippen LogP contribution in [0.3, 0.4) is 0 Å². The molecule has 0 radical (unpaired) electrons. The number of rotatable bonds is 4. The van der Waals surface area contributed by atoms with E-state index in [1.165, 1.54) is 7.11 Å². The van der Waals surface area contributed by atoms with E-state index in [-0.39, 0.29) is 11.4 Å². The maximum absolute atomic E-state index is 11.4. The molecule has 1 atom stereocenters. The van der Waals surface area contributed by atoms with Crippen LogP contribution >= 0.6 is 0 Å². The van der Waals surface area contributed by atoms with Gasteiger partial charge in [-0.25, -0.2) is 0 Å². The molecule has 3 heteroatoms. The maximum Gasteiger partial charge on any atom is 0.306 e. The number of carbonyl (C=O) groups is 1. The van der Waals surface area contributed by atoms with Crippen LogP contribution in [-0.2, 0) is 14.9 Å². The number of benzene rings is 1. The lowest BCUT2D eigenvalue weighted by Gasteiger charge is -2.29. The van der Waals surface area contributed by atoms with Gasteiger partial charge < -0.3 is 10.5 Å². The average molecular weight is 221 g/mol. The third-order valence-corrected chi connectivity index (χ3v) is 3.01. The van der Waals surface area contributed by atoms with Crippen molar-refractivity contribution in [3.63, 3.8) is 0 Å². The first-order valence-electron chi connectivity index (χ1n) is 5.36. The van der Waals surface area contributed by atoms with Crippen LogP contribution < -0.4 is 5.73 Å². The normalized spacial score (nSPS) is 14.2. The fraction of sp³-hybridized carbons (Fsp3) is 0.462. The van der Waals surface area contributed by atoms with Gasteiger partial charge in [0.2, 0.25) is 0 Å². The summed E-state index contributed by atoms with van der Waals surface area (Å²) in [5.74, 6) is -0.226. The van der Waals surface area contributed by atoms with E-state index in [4.69, 9.17) is 10.5 Å². The summed E-state index contributed by atoms with van der Waals surface area (Å²) in [6.45, 7) is 4.44. The monoisotopic (exact) mass is 221 g/mol. The molecule has 0 heterocycles. The van der Waals surface area contributed by atoms with Crippen molar-refractivity contribution in [2.45, 2.75) is 25.7 Å². The zero-order valence-electron chi connectivity index (χ0n) is 10.1. The van der Waals surface area contributed by atoms with E-state index in [1.54, 1.807) is 0 Å². The Bertz CT molecular complexity index is 376. The van der Waals surface area contributed by atoms with Crippen molar-refractivity contribution in [3.8, 4) is 0 Å². The minimum atomic E-state index is -0.349. The second-order valence-electron chi connectivity index (χ2n) is 4.33. The van der Waals surface area contributed by atoms with Crippen LogP contribution in [0.5, 0.6) is 0 Å². The zero-order valence-corrected chi connectivity index (χ0v) is 10.1. The van der Waals surface area contributed by atoms with Crippen LogP contribution in [0.25, 0.3) is 0 Å². The van der Waals surface area contributed by atoms with Gasteiger partial charge in [0.15, 0.2) is 0 Å². The van der Waals surface area contributed by atoms with Crippen LogP contribution in [0.2, 0.25) is 0 Å². The second kappa shape index (κ2) is 5.12. The summed E-state index contributed by atoms with van der Waals surface area (Å²) in [6, 6.07) is 7.99. The van der Waals surface area contributed by atoms with Crippen molar-refractivity contribution >= 4 is 5.97 Å². The van der Waals surface area contributed by atoms with Gasteiger partial charge in [0, 0.05) is 12.0 Å². The highest BCUT2D eigenvalue weighted by atomic mass is 16.5. The van der Waals surface area contributed by atoms with E-state index in [1.807, 2.05) is 38.1 Å². The van der Waals surface area contributed by atoms with Gasteiger partial charge in [-0.15, -0.1) is 0 Å². The Labute approximate surface area is 96.6 Å². The summed E-state index contributed by atoms with van der Waals surface area (Å²) < 4.78 is 4.71. The second-order valence-corrected chi connectivity index (χ2v) is 4.33. The van der Waals surface area contributed by atoms with Crippen molar-refractivity contribution in [1.82, 2.24) is 0 Å². The Hall–Kier alpha value is -1.35. The molecule has 0 saturated heterocycles. The SMILES string of the molecule is COC(=O)CC(C)(CN)c1ccccc1C. The highest BCUT2D eigenvalue weighted by molar-refractivity contribution is 5.71. The van der Waals surface area contributed by atoms with Crippen LogP contribution in [0.15, 0.2) is 24.3 Å². The molecular formula is C13H19NO2. The van der Waals surface area contributed by atoms with Gasteiger partial charge in [-0.3, -0.25) is 4.79 Å². The lowest BCUT2D eigenvalue weighted by atomic mass is 9.77. The largest absolute Gasteiger partial charge is 0.469 e. The van der Waals surface area contributed by atoms with Crippen LogP contribution in [0.1, 0.15) is 24.5 Å². The molecular weight excluding hydrogens is 202 g/mol. The molecule has 0 amide bonds. The quantitative estimate of drug-likeness (QED) is 0.788. The number of nitrogens with two attached hydrogens (primary N) is 1. The third kappa shape index (κ3) is 2.61. The molecule has 1 rings (SSSR count). The predicted molar refractivity (Wildman–Crippen MR) is 64.2 cm³/mol. The molecule has 1 unspecified atom stereocenters. The lowest BCUT2D eigenvalue weighted by Crippen LogP contribution is -2.35. The number of ether oxygens (including phenoxy) is 1. The third-order valence-electron chi connectivity index (χ3n) is 3.01. The van der Waals surface area contributed by atoms with Crippen molar-refractivity contribution in [2.75, 3.05) is 13.7 Å². The van der Waals surface area contributed by atoms with Crippen molar-refractivity contribution in [2.24, 2.45) is 5.73 Å². The van der Waals surface area contributed by atoms with E-state index < -0.39 is 0 Å². The molecule has 88 valence electrons. The van der Waals surface area contributed by atoms with Crippen LogP contribution in [-0.4, -0.2) is 19.6 Å². The maximum atomic E-state index is 11.4. The van der Waals surface area contributed by atoms with Gasteiger partial charge in [0.05, 0.1) is 13.5 Å². The summed E-state index contributed by atoms with van der Waals surface area (Å²) >= 11 is 0. The molecule has 16 heavy (non-hydrogen) atoms. The Morgan fingerprint density at radius 3 is 2.56 bits per heavy atom. The molecule has 0 aliphatic carbocycles. The van der Waals surface area contributed by atoms with Gasteiger partial charge in [0.1, 0.15) is 0 Å². The molecule has 0 bridgehead atoms. The number of esters is 1. The molecule has 2 N–H and O–H groups in total. The highest BCUT2D eigenvalue weighted by Gasteiger charge is 2.29. The van der Waals surface area contributed by atoms with Crippen molar-refractivity contribution in [1.29, 1.82) is 0 Å². The first-order chi connectivity index (χ1) is 7.53. The molecule has 0 aromatic heterocycles. The zero-order chi connectivity index (χ0) is 12.2.